The average Bonchev–Trinajstić information content (AvgIpc) is 2.16. The molecule has 76 valence electrons. The SMILES string of the molecule is Cc1c(N)cnn1CC(F)(F)F.Cl. The van der Waals surface area contributed by atoms with Gasteiger partial charge in [-0.25, -0.2) is 0 Å². The van der Waals surface area contributed by atoms with Crippen LogP contribution in [0.4, 0.5) is 18.9 Å². The molecule has 0 atom stereocenters. The summed E-state index contributed by atoms with van der Waals surface area (Å²) >= 11 is 0. The molecule has 0 aromatic carbocycles. The molecule has 0 bridgehead atoms. The number of anilines is 1. The predicted octanol–water partition coefficient (Wildman–Crippen LogP) is 1.76. The Kier molecular flexibility index (Phi) is 3.60. The van der Waals surface area contributed by atoms with Crippen molar-refractivity contribution in [2.24, 2.45) is 0 Å². The van der Waals surface area contributed by atoms with Crippen LogP contribution >= 0.6 is 12.4 Å². The second-order valence-corrected chi connectivity index (χ2v) is 2.46. The van der Waals surface area contributed by atoms with E-state index in [9.17, 15) is 13.2 Å². The molecule has 0 aliphatic rings. The lowest BCUT2D eigenvalue weighted by Crippen LogP contribution is -2.19. The van der Waals surface area contributed by atoms with E-state index in [1.165, 1.54) is 13.1 Å². The van der Waals surface area contributed by atoms with E-state index in [0.717, 1.165) is 4.68 Å². The molecular weight excluding hydrogens is 207 g/mol. The third-order valence-electron chi connectivity index (χ3n) is 1.47. The molecule has 0 unspecified atom stereocenters. The van der Waals surface area contributed by atoms with Crippen molar-refractivity contribution >= 4 is 18.1 Å². The summed E-state index contributed by atoms with van der Waals surface area (Å²) in [5.41, 5.74) is 5.93. The number of hydrogen-bond acceptors (Lipinski definition) is 2. The van der Waals surface area contributed by atoms with E-state index < -0.39 is 12.7 Å². The number of aromatic nitrogens is 2. The van der Waals surface area contributed by atoms with E-state index in [1.807, 2.05) is 0 Å². The minimum Gasteiger partial charge on any atom is -0.396 e. The van der Waals surface area contributed by atoms with Gasteiger partial charge in [0.15, 0.2) is 0 Å². The van der Waals surface area contributed by atoms with Crippen LogP contribution in [-0.2, 0) is 6.54 Å². The highest BCUT2D eigenvalue weighted by Crippen LogP contribution is 2.19. The van der Waals surface area contributed by atoms with Gasteiger partial charge in [-0.1, -0.05) is 0 Å². The Bertz CT molecular complexity index is 281. The molecule has 0 amide bonds. The standard InChI is InChI=1S/C6H8F3N3.ClH/c1-4-5(10)2-11-12(4)3-6(7,8)9;/h2H,3,10H2,1H3;1H. The average molecular weight is 216 g/mol. The van der Waals surface area contributed by atoms with Gasteiger partial charge >= 0.3 is 6.18 Å². The normalized spacial score (nSPS) is 11.1. The van der Waals surface area contributed by atoms with Crippen molar-refractivity contribution in [2.45, 2.75) is 19.6 Å². The summed E-state index contributed by atoms with van der Waals surface area (Å²) in [5.74, 6) is 0. The smallest absolute Gasteiger partial charge is 0.396 e. The second-order valence-electron chi connectivity index (χ2n) is 2.46. The summed E-state index contributed by atoms with van der Waals surface area (Å²) in [7, 11) is 0. The molecule has 0 radical (unpaired) electrons. The summed E-state index contributed by atoms with van der Waals surface area (Å²) in [5, 5.41) is 3.47. The van der Waals surface area contributed by atoms with Crippen LogP contribution < -0.4 is 5.73 Å². The van der Waals surface area contributed by atoms with Gasteiger partial charge in [-0.05, 0) is 6.92 Å². The van der Waals surface area contributed by atoms with Crippen LogP contribution in [0.3, 0.4) is 0 Å². The van der Waals surface area contributed by atoms with Gasteiger partial charge in [0.05, 0.1) is 17.6 Å². The minimum absolute atomic E-state index is 0. The first-order valence-electron chi connectivity index (χ1n) is 3.25. The highest BCUT2D eigenvalue weighted by Gasteiger charge is 2.29. The van der Waals surface area contributed by atoms with E-state index in [0.29, 0.717) is 5.69 Å². The van der Waals surface area contributed by atoms with E-state index in [-0.39, 0.29) is 18.1 Å². The van der Waals surface area contributed by atoms with E-state index in [4.69, 9.17) is 5.73 Å². The van der Waals surface area contributed by atoms with Gasteiger partial charge in [-0.15, -0.1) is 12.4 Å². The largest absolute Gasteiger partial charge is 0.408 e. The minimum atomic E-state index is -4.25. The van der Waals surface area contributed by atoms with Crippen molar-refractivity contribution in [1.29, 1.82) is 0 Å². The van der Waals surface area contributed by atoms with Crippen molar-refractivity contribution in [3.05, 3.63) is 11.9 Å². The van der Waals surface area contributed by atoms with Crippen molar-refractivity contribution in [3.8, 4) is 0 Å². The van der Waals surface area contributed by atoms with Gasteiger partial charge in [0.1, 0.15) is 6.54 Å². The Morgan fingerprint density at radius 3 is 2.38 bits per heavy atom. The molecule has 3 nitrogen and oxygen atoms in total. The Morgan fingerprint density at radius 1 is 1.54 bits per heavy atom. The fourth-order valence-electron chi connectivity index (χ4n) is 0.790. The molecule has 0 saturated carbocycles. The number of hydrogen-bond donors (Lipinski definition) is 1. The third-order valence-corrected chi connectivity index (χ3v) is 1.47. The maximum Gasteiger partial charge on any atom is 0.408 e. The third kappa shape index (κ3) is 3.14. The number of halogens is 4. The second kappa shape index (κ2) is 3.87. The number of nitrogens with two attached hydrogens (primary N) is 1. The molecule has 7 heteroatoms. The lowest BCUT2D eigenvalue weighted by Gasteiger charge is -2.07. The molecule has 13 heavy (non-hydrogen) atoms. The van der Waals surface area contributed by atoms with Gasteiger partial charge < -0.3 is 5.73 Å². The molecule has 0 saturated heterocycles. The first-order valence-corrected chi connectivity index (χ1v) is 3.25. The maximum atomic E-state index is 11.8. The zero-order chi connectivity index (χ0) is 9.35. The summed E-state index contributed by atoms with van der Waals surface area (Å²) < 4.78 is 36.3. The number of alkyl halides is 3. The molecule has 0 aliphatic carbocycles. The van der Waals surface area contributed by atoms with E-state index in [2.05, 4.69) is 5.10 Å². The monoisotopic (exact) mass is 215 g/mol. The fourth-order valence-corrected chi connectivity index (χ4v) is 0.790. The Hall–Kier alpha value is -0.910. The molecule has 0 fully saturated rings. The van der Waals surface area contributed by atoms with Gasteiger partial charge in [0.25, 0.3) is 0 Å². The zero-order valence-corrected chi connectivity index (χ0v) is 7.61. The molecule has 0 spiro atoms. The lowest BCUT2D eigenvalue weighted by molar-refractivity contribution is -0.142. The van der Waals surface area contributed by atoms with E-state index in [1.54, 1.807) is 0 Å². The first kappa shape index (κ1) is 12.1. The van der Waals surface area contributed by atoms with Crippen LogP contribution in [0.2, 0.25) is 0 Å². The van der Waals surface area contributed by atoms with E-state index >= 15 is 0 Å². The van der Waals surface area contributed by atoms with Crippen LogP contribution in [0.15, 0.2) is 6.20 Å². The first-order chi connectivity index (χ1) is 5.40. The Morgan fingerprint density at radius 2 is 2.08 bits per heavy atom. The van der Waals surface area contributed by atoms with Gasteiger partial charge in [-0.3, -0.25) is 4.68 Å². The summed E-state index contributed by atoms with van der Waals surface area (Å²) in [6.45, 7) is 0.407. The zero-order valence-electron chi connectivity index (χ0n) is 6.80. The molecule has 2 N–H and O–H groups in total. The van der Waals surface area contributed by atoms with Crippen LogP contribution in [0.25, 0.3) is 0 Å². The summed E-state index contributed by atoms with van der Waals surface area (Å²) in [4.78, 5) is 0. The predicted molar refractivity (Wildman–Crippen MR) is 44.7 cm³/mol. The molecule has 1 heterocycles. The van der Waals surface area contributed by atoms with Gasteiger partial charge in [0.2, 0.25) is 0 Å². The lowest BCUT2D eigenvalue weighted by atomic mass is 10.4. The molecular formula is C6H9ClF3N3. The molecule has 1 rings (SSSR count). The van der Waals surface area contributed by atoms with Crippen LogP contribution in [0.1, 0.15) is 5.69 Å². The van der Waals surface area contributed by atoms with Crippen LogP contribution in [-0.4, -0.2) is 16.0 Å². The number of rotatable bonds is 1. The van der Waals surface area contributed by atoms with Crippen molar-refractivity contribution in [3.63, 3.8) is 0 Å². The highest BCUT2D eigenvalue weighted by molar-refractivity contribution is 5.85. The highest BCUT2D eigenvalue weighted by atomic mass is 35.5. The maximum absolute atomic E-state index is 11.8. The van der Waals surface area contributed by atoms with Crippen molar-refractivity contribution < 1.29 is 13.2 Å². The van der Waals surface area contributed by atoms with Gasteiger partial charge in [0, 0.05) is 0 Å². The fraction of sp³-hybridized carbons (Fsp3) is 0.500. The summed E-state index contributed by atoms with van der Waals surface area (Å²) in [6, 6.07) is 0. The molecule has 1 aromatic heterocycles. The van der Waals surface area contributed by atoms with Crippen molar-refractivity contribution in [1.82, 2.24) is 9.78 Å². The molecule has 0 aliphatic heterocycles. The quantitative estimate of drug-likeness (QED) is 0.776. The number of nitrogens with zero attached hydrogens (tertiary/aromatic N) is 2. The van der Waals surface area contributed by atoms with Crippen molar-refractivity contribution in [2.75, 3.05) is 5.73 Å². The van der Waals surface area contributed by atoms with Crippen LogP contribution in [0, 0.1) is 6.92 Å². The topological polar surface area (TPSA) is 43.8 Å². The number of nitrogen functional groups attached to an aromatic ring is 1. The van der Waals surface area contributed by atoms with Gasteiger partial charge in [-0.2, -0.15) is 18.3 Å². The van der Waals surface area contributed by atoms with Crippen LogP contribution in [0.5, 0.6) is 0 Å². The summed E-state index contributed by atoms with van der Waals surface area (Å²) in [6.07, 6.45) is -3.04. The Balaban J connectivity index is 0.00000144. The molecule has 1 aromatic rings. The Labute approximate surface area is 79.1 Å².